The summed E-state index contributed by atoms with van der Waals surface area (Å²) in [7, 11) is -1.89. The number of nitrogens with one attached hydrogen (secondary N) is 1. The minimum Gasteiger partial charge on any atom is -0.395 e. The van der Waals surface area contributed by atoms with E-state index in [1.165, 1.54) is 45.1 Å². The van der Waals surface area contributed by atoms with Gasteiger partial charge in [0, 0.05) is 19.3 Å². The third-order valence-corrected chi connectivity index (χ3v) is 8.23. The lowest BCUT2D eigenvalue weighted by Gasteiger charge is -2.29. The van der Waals surface area contributed by atoms with E-state index in [2.05, 4.69) is 25.7 Å². The Morgan fingerprint density at radius 1 is 1.10 bits per heavy atom. The second-order valence-electron chi connectivity index (χ2n) is 6.62. The van der Waals surface area contributed by atoms with Crippen molar-refractivity contribution < 1.29 is 8.85 Å². The van der Waals surface area contributed by atoms with Crippen LogP contribution in [-0.4, -0.2) is 34.4 Å². The van der Waals surface area contributed by atoms with Crippen LogP contribution in [0.15, 0.2) is 0 Å². The lowest BCUT2D eigenvalue weighted by atomic mass is 9.78. The van der Waals surface area contributed by atoms with Crippen molar-refractivity contribution >= 4 is 8.56 Å². The molecule has 2 rings (SSSR count). The highest BCUT2D eigenvalue weighted by Gasteiger charge is 2.37. The molecule has 1 aliphatic carbocycles. The van der Waals surface area contributed by atoms with Gasteiger partial charge in [0.15, 0.2) is 0 Å². The molecule has 0 aromatic heterocycles. The molecule has 2 aliphatic rings. The molecular weight excluding hydrogens is 266 g/mol. The third kappa shape index (κ3) is 4.29. The maximum absolute atomic E-state index is 5.94. The Bertz CT molecular complexity index is 282. The van der Waals surface area contributed by atoms with Crippen molar-refractivity contribution in [3.05, 3.63) is 0 Å². The lowest BCUT2D eigenvalue weighted by Crippen LogP contribution is -2.38. The topological polar surface area (TPSA) is 30.5 Å². The van der Waals surface area contributed by atoms with Gasteiger partial charge in [0.25, 0.3) is 0 Å². The van der Waals surface area contributed by atoms with E-state index >= 15 is 0 Å². The Labute approximate surface area is 126 Å². The molecule has 0 radical (unpaired) electrons. The molecule has 3 unspecified atom stereocenters. The van der Waals surface area contributed by atoms with E-state index in [9.17, 15) is 0 Å². The summed E-state index contributed by atoms with van der Waals surface area (Å²) in [5, 5.41) is 3.76. The van der Waals surface area contributed by atoms with Crippen LogP contribution < -0.4 is 5.32 Å². The van der Waals surface area contributed by atoms with Crippen LogP contribution in [0, 0.1) is 11.8 Å². The third-order valence-electron chi connectivity index (χ3n) is 5.17. The zero-order chi connectivity index (χ0) is 14.4. The van der Waals surface area contributed by atoms with E-state index in [4.69, 9.17) is 8.85 Å². The van der Waals surface area contributed by atoms with Gasteiger partial charge in [-0.25, -0.2) is 0 Å². The Kier molecular flexibility index (Phi) is 6.52. The van der Waals surface area contributed by atoms with Gasteiger partial charge < -0.3 is 14.2 Å². The van der Waals surface area contributed by atoms with Gasteiger partial charge in [-0.05, 0) is 64.1 Å². The van der Waals surface area contributed by atoms with Crippen LogP contribution in [0.2, 0.25) is 12.6 Å². The highest BCUT2D eigenvalue weighted by atomic mass is 28.4. The first kappa shape index (κ1) is 16.5. The number of hydrogen-bond acceptors (Lipinski definition) is 3. The predicted molar refractivity (Wildman–Crippen MR) is 86.1 cm³/mol. The quantitative estimate of drug-likeness (QED) is 0.693. The second kappa shape index (κ2) is 7.92. The van der Waals surface area contributed by atoms with Crippen molar-refractivity contribution in [1.82, 2.24) is 5.32 Å². The summed E-state index contributed by atoms with van der Waals surface area (Å²) >= 11 is 0. The monoisotopic (exact) mass is 299 g/mol. The SMILES string of the molecule is CCO[Si](C)(CCCC1CNC2CCCCC12)OCC. The van der Waals surface area contributed by atoms with E-state index in [0.717, 1.165) is 37.1 Å². The first-order chi connectivity index (χ1) is 9.68. The van der Waals surface area contributed by atoms with Crippen molar-refractivity contribution in [3.63, 3.8) is 0 Å². The van der Waals surface area contributed by atoms with Gasteiger partial charge in [0.05, 0.1) is 0 Å². The lowest BCUT2D eigenvalue weighted by molar-refractivity contribution is 0.186. The molecule has 0 amide bonds. The van der Waals surface area contributed by atoms with E-state index < -0.39 is 8.56 Å². The molecule has 118 valence electrons. The van der Waals surface area contributed by atoms with Crippen molar-refractivity contribution in [3.8, 4) is 0 Å². The molecule has 3 nitrogen and oxygen atoms in total. The fourth-order valence-electron chi connectivity index (χ4n) is 4.23. The molecule has 1 saturated heterocycles. The molecule has 1 heterocycles. The van der Waals surface area contributed by atoms with Crippen LogP contribution in [0.25, 0.3) is 0 Å². The highest BCUT2D eigenvalue weighted by molar-refractivity contribution is 6.66. The molecule has 0 bridgehead atoms. The van der Waals surface area contributed by atoms with Gasteiger partial charge in [0.1, 0.15) is 0 Å². The summed E-state index contributed by atoms with van der Waals surface area (Å²) in [6.45, 7) is 9.22. The molecule has 1 aliphatic heterocycles. The normalized spacial score (nSPS) is 30.4. The number of fused-ring (bicyclic) bond motifs is 1. The molecular formula is C16H33NO2Si. The minimum absolute atomic E-state index is 0.790. The van der Waals surface area contributed by atoms with Crippen molar-refractivity contribution in [2.24, 2.45) is 11.8 Å². The Balaban J connectivity index is 1.74. The second-order valence-corrected chi connectivity index (χ2v) is 9.96. The number of rotatable bonds is 8. The summed E-state index contributed by atoms with van der Waals surface area (Å²) < 4.78 is 11.9. The summed E-state index contributed by atoms with van der Waals surface area (Å²) in [5.74, 6) is 1.86. The van der Waals surface area contributed by atoms with Gasteiger partial charge in [-0.15, -0.1) is 0 Å². The largest absolute Gasteiger partial charge is 0.395 e. The Hall–Kier alpha value is 0.0969. The first-order valence-corrected chi connectivity index (χ1v) is 11.2. The van der Waals surface area contributed by atoms with Gasteiger partial charge in [-0.3, -0.25) is 0 Å². The molecule has 4 heteroatoms. The van der Waals surface area contributed by atoms with Crippen molar-refractivity contribution in [1.29, 1.82) is 0 Å². The number of hydrogen-bond donors (Lipinski definition) is 1. The van der Waals surface area contributed by atoms with Crippen LogP contribution in [0.3, 0.4) is 0 Å². The molecule has 1 N–H and O–H groups in total. The molecule has 3 atom stereocenters. The summed E-state index contributed by atoms with van der Waals surface area (Å²) in [6, 6.07) is 1.99. The van der Waals surface area contributed by atoms with Gasteiger partial charge in [0.2, 0.25) is 0 Å². The fourth-order valence-corrected chi connectivity index (χ4v) is 6.67. The fraction of sp³-hybridized carbons (Fsp3) is 1.00. The van der Waals surface area contributed by atoms with Crippen molar-refractivity contribution in [2.45, 2.75) is 71.0 Å². The zero-order valence-corrected chi connectivity index (χ0v) is 14.6. The summed E-state index contributed by atoms with van der Waals surface area (Å²) in [6.07, 6.45) is 8.37. The maximum Gasteiger partial charge on any atom is 0.334 e. The molecule has 0 aromatic rings. The predicted octanol–water partition coefficient (Wildman–Crippen LogP) is 3.69. The maximum atomic E-state index is 5.94. The Morgan fingerprint density at radius 3 is 2.50 bits per heavy atom. The van der Waals surface area contributed by atoms with Gasteiger partial charge in [-0.1, -0.05) is 19.3 Å². The van der Waals surface area contributed by atoms with Crippen LogP contribution in [0.4, 0.5) is 0 Å². The zero-order valence-electron chi connectivity index (χ0n) is 13.6. The average molecular weight is 300 g/mol. The summed E-state index contributed by atoms with van der Waals surface area (Å²) in [4.78, 5) is 0. The molecule has 2 fully saturated rings. The van der Waals surface area contributed by atoms with E-state index in [1.54, 1.807) is 0 Å². The van der Waals surface area contributed by atoms with E-state index in [1.807, 2.05) is 0 Å². The molecule has 20 heavy (non-hydrogen) atoms. The van der Waals surface area contributed by atoms with E-state index in [0.29, 0.717) is 0 Å². The smallest absolute Gasteiger partial charge is 0.334 e. The standard InChI is InChI=1S/C16H33NO2Si/c1-4-18-20(3,19-5-2)12-8-9-14-13-17-16-11-7-6-10-15(14)16/h14-17H,4-13H2,1-3H3. The summed E-state index contributed by atoms with van der Waals surface area (Å²) in [5.41, 5.74) is 0. The van der Waals surface area contributed by atoms with Gasteiger partial charge in [-0.2, -0.15) is 0 Å². The van der Waals surface area contributed by atoms with Crippen LogP contribution >= 0.6 is 0 Å². The minimum atomic E-state index is -1.89. The van der Waals surface area contributed by atoms with E-state index in [-0.39, 0.29) is 0 Å². The molecule has 0 aromatic carbocycles. The van der Waals surface area contributed by atoms with Crippen LogP contribution in [-0.2, 0) is 8.85 Å². The first-order valence-electron chi connectivity index (χ1n) is 8.70. The van der Waals surface area contributed by atoms with Crippen LogP contribution in [0.1, 0.15) is 52.4 Å². The highest BCUT2D eigenvalue weighted by Crippen LogP contribution is 2.37. The van der Waals surface area contributed by atoms with Gasteiger partial charge >= 0.3 is 8.56 Å². The molecule has 1 saturated carbocycles. The van der Waals surface area contributed by atoms with Crippen LogP contribution in [0.5, 0.6) is 0 Å². The molecule has 0 spiro atoms. The Morgan fingerprint density at radius 2 is 1.80 bits per heavy atom. The average Bonchev–Trinajstić information content (AvgIpc) is 2.83. The van der Waals surface area contributed by atoms with Crippen molar-refractivity contribution in [2.75, 3.05) is 19.8 Å².